The van der Waals surface area contributed by atoms with Crippen molar-refractivity contribution in [3.63, 3.8) is 0 Å². The molecule has 6 nitrogen and oxygen atoms in total. The van der Waals surface area contributed by atoms with Crippen LogP contribution in [0.1, 0.15) is 39.0 Å². The lowest BCUT2D eigenvalue weighted by Gasteiger charge is -2.32. The van der Waals surface area contributed by atoms with Crippen LogP contribution in [0.3, 0.4) is 0 Å². The molecular formula is C20H27NO5. The first kappa shape index (κ1) is 18.5. The third-order valence-corrected chi connectivity index (χ3v) is 5.54. The number of hydrogen-bond donors (Lipinski definition) is 1. The van der Waals surface area contributed by atoms with Gasteiger partial charge in [-0.15, -0.1) is 0 Å². The van der Waals surface area contributed by atoms with Crippen molar-refractivity contribution in [2.75, 3.05) is 26.3 Å². The lowest BCUT2D eigenvalue weighted by Crippen LogP contribution is -2.40. The second kappa shape index (κ2) is 7.98. The lowest BCUT2D eigenvalue weighted by atomic mass is 9.90. The van der Waals surface area contributed by atoms with E-state index in [9.17, 15) is 9.59 Å². The van der Waals surface area contributed by atoms with Gasteiger partial charge in [-0.3, -0.25) is 9.59 Å². The predicted octanol–water partition coefficient (Wildman–Crippen LogP) is 2.96. The van der Waals surface area contributed by atoms with Gasteiger partial charge in [0, 0.05) is 19.5 Å². The normalized spacial score (nSPS) is 20.7. The van der Waals surface area contributed by atoms with Crippen LogP contribution in [0, 0.1) is 11.3 Å². The second-order valence-corrected chi connectivity index (χ2v) is 7.19. The van der Waals surface area contributed by atoms with E-state index in [0.717, 1.165) is 30.8 Å². The molecule has 1 atom stereocenters. The molecule has 142 valence electrons. The van der Waals surface area contributed by atoms with Gasteiger partial charge in [-0.1, -0.05) is 0 Å². The SMILES string of the molecule is CCOc1ccc(OCCCC(=O)N2CCC3(CC2)CC3C(=O)O)cc1. The number of nitrogens with zero attached hydrogens (tertiary/aromatic N) is 1. The fourth-order valence-electron chi connectivity index (χ4n) is 3.82. The molecule has 6 heteroatoms. The summed E-state index contributed by atoms with van der Waals surface area (Å²) in [4.78, 5) is 25.3. The fourth-order valence-corrected chi connectivity index (χ4v) is 3.82. The number of carbonyl (C=O) groups excluding carboxylic acids is 1. The number of piperidine rings is 1. The van der Waals surface area contributed by atoms with Crippen molar-refractivity contribution < 1.29 is 24.2 Å². The van der Waals surface area contributed by atoms with Gasteiger partial charge in [-0.2, -0.15) is 0 Å². The molecule has 0 radical (unpaired) electrons. The monoisotopic (exact) mass is 361 g/mol. The van der Waals surface area contributed by atoms with Gasteiger partial charge in [0.05, 0.1) is 19.1 Å². The maximum Gasteiger partial charge on any atom is 0.307 e. The predicted molar refractivity (Wildman–Crippen MR) is 96.3 cm³/mol. The Morgan fingerprint density at radius 1 is 1.15 bits per heavy atom. The van der Waals surface area contributed by atoms with Crippen LogP contribution in [-0.4, -0.2) is 48.2 Å². The summed E-state index contributed by atoms with van der Waals surface area (Å²) < 4.78 is 11.1. The molecule has 1 aliphatic carbocycles. The van der Waals surface area contributed by atoms with E-state index >= 15 is 0 Å². The summed E-state index contributed by atoms with van der Waals surface area (Å²) in [7, 11) is 0. The highest BCUT2D eigenvalue weighted by atomic mass is 16.5. The zero-order chi connectivity index (χ0) is 18.6. The van der Waals surface area contributed by atoms with E-state index < -0.39 is 5.97 Å². The molecule has 3 rings (SSSR count). The zero-order valence-electron chi connectivity index (χ0n) is 15.3. The van der Waals surface area contributed by atoms with Crippen LogP contribution in [0.4, 0.5) is 0 Å². The molecule has 1 saturated heterocycles. The maximum absolute atomic E-state index is 12.3. The third kappa shape index (κ3) is 4.29. The number of likely N-dealkylation sites (tertiary alicyclic amines) is 1. The minimum atomic E-state index is -0.684. The van der Waals surface area contributed by atoms with Gasteiger partial charge < -0.3 is 19.5 Å². The van der Waals surface area contributed by atoms with Gasteiger partial charge in [0.1, 0.15) is 11.5 Å². The summed E-state index contributed by atoms with van der Waals surface area (Å²) in [5.41, 5.74) is -0.0284. The minimum absolute atomic E-state index is 0.0284. The Morgan fingerprint density at radius 2 is 1.77 bits per heavy atom. The summed E-state index contributed by atoms with van der Waals surface area (Å²) in [6.45, 7) is 4.44. The average Bonchev–Trinajstić information content (AvgIpc) is 3.34. The smallest absolute Gasteiger partial charge is 0.307 e. The quantitative estimate of drug-likeness (QED) is 0.721. The van der Waals surface area contributed by atoms with Crippen molar-refractivity contribution in [3.05, 3.63) is 24.3 Å². The molecule has 1 amide bonds. The summed E-state index contributed by atoms with van der Waals surface area (Å²) >= 11 is 0. The first-order valence-electron chi connectivity index (χ1n) is 9.40. The van der Waals surface area contributed by atoms with Crippen molar-refractivity contribution >= 4 is 11.9 Å². The van der Waals surface area contributed by atoms with E-state index in [-0.39, 0.29) is 17.2 Å². The molecule has 2 aliphatic rings. The molecule has 1 aromatic carbocycles. The number of carboxylic acids is 1. The van der Waals surface area contributed by atoms with Crippen molar-refractivity contribution in [2.45, 2.75) is 39.0 Å². The van der Waals surface area contributed by atoms with E-state index in [1.54, 1.807) is 0 Å². The number of amides is 1. The highest BCUT2D eigenvalue weighted by molar-refractivity contribution is 5.77. The summed E-state index contributed by atoms with van der Waals surface area (Å²) in [5, 5.41) is 9.12. The first-order chi connectivity index (χ1) is 12.5. The second-order valence-electron chi connectivity index (χ2n) is 7.19. The van der Waals surface area contributed by atoms with E-state index in [1.165, 1.54) is 0 Å². The van der Waals surface area contributed by atoms with Crippen LogP contribution < -0.4 is 9.47 Å². The molecule has 26 heavy (non-hydrogen) atoms. The first-order valence-corrected chi connectivity index (χ1v) is 9.40. The van der Waals surface area contributed by atoms with E-state index in [1.807, 2.05) is 36.1 Å². The molecule has 0 aromatic heterocycles. The van der Waals surface area contributed by atoms with Crippen LogP contribution in [0.15, 0.2) is 24.3 Å². The van der Waals surface area contributed by atoms with Gasteiger partial charge in [0.15, 0.2) is 0 Å². The van der Waals surface area contributed by atoms with Crippen molar-refractivity contribution in [1.29, 1.82) is 0 Å². The van der Waals surface area contributed by atoms with Gasteiger partial charge >= 0.3 is 5.97 Å². The highest BCUT2D eigenvalue weighted by Crippen LogP contribution is 2.59. The van der Waals surface area contributed by atoms with Crippen LogP contribution in [-0.2, 0) is 9.59 Å². The van der Waals surface area contributed by atoms with Gasteiger partial charge in [0.25, 0.3) is 0 Å². The zero-order valence-corrected chi connectivity index (χ0v) is 15.3. The summed E-state index contributed by atoms with van der Waals surface area (Å²) in [6, 6.07) is 7.47. The molecule has 1 spiro atoms. The standard InChI is InChI=1S/C20H27NO5/c1-2-25-15-5-7-16(8-6-15)26-13-3-4-18(22)21-11-9-20(10-12-21)14-17(20)19(23)24/h5-8,17H,2-4,9-14H2,1H3,(H,23,24). The van der Waals surface area contributed by atoms with Crippen LogP contribution in [0.2, 0.25) is 0 Å². The maximum atomic E-state index is 12.3. The van der Waals surface area contributed by atoms with E-state index in [2.05, 4.69) is 0 Å². The highest BCUT2D eigenvalue weighted by Gasteiger charge is 2.59. The Balaban J connectivity index is 1.33. The molecule has 1 saturated carbocycles. The van der Waals surface area contributed by atoms with Crippen LogP contribution >= 0.6 is 0 Å². The van der Waals surface area contributed by atoms with Gasteiger partial charge in [0.2, 0.25) is 5.91 Å². The number of ether oxygens (including phenoxy) is 2. The molecule has 0 bridgehead atoms. The molecule has 1 heterocycles. The number of benzene rings is 1. The largest absolute Gasteiger partial charge is 0.494 e. The fraction of sp³-hybridized carbons (Fsp3) is 0.600. The van der Waals surface area contributed by atoms with Gasteiger partial charge in [-0.25, -0.2) is 0 Å². The minimum Gasteiger partial charge on any atom is -0.494 e. The number of aliphatic carboxylic acids is 1. The Labute approximate surface area is 154 Å². The summed E-state index contributed by atoms with van der Waals surface area (Å²) in [5.74, 6) is 0.856. The van der Waals surface area contributed by atoms with Gasteiger partial charge in [-0.05, 0) is 62.3 Å². The van der Waals surface area contributed by atoms with Crippen molar-refractivity contribution in [2.24, 2.45) is 11.3 Å². The van der Waals surface area contributed by atoms with Crippen molar-refractivity contribution in [1.82, 2.24) is 4.90 Å². The lowest BCUT2D eigenvalue weighted by molar-refractivity contribution is -0.139. The third-order valence-electron chi connectivity index (χ3n) is 5.54. The molecule has 1 N–H and O–H groups in total. The van der Waals surface area contributed by atoms with E-state index in [0.29, 0.717) is 39.1 Å². The summed E-state index contributed by atoms with van der Waals surface area (Å²) in [6.07, 6.45) is 3.55. The molecule has 1 aliphatic heterocycles. The average molecular weight is 361 g/mol. The molecule has 1 aromatic rings. The van der Waals surface area contributed by atoms with E-state index in [4.69, 9.17) is 14.6 Å². The number of rotatable bonds is 8. The number of carboxylic acid groups (broad SMARTS) is 1. The number of carbonyl (C=O) groups is 2. The Hall–Kier alpha value is -2.24. The topological polar surface area (TPSA) is 76.1 Å². The Kier molecular flexibility index (Phi) is 5.69. The van der Waals surface area contributed by atoms with Crippen LogP contribution in [0.25, 0.3) is 0 Å². The molecular weight excluding hydrogens is 334 g/mol. The Morgan fingerprint density at radius 3 is 2.31 bits per heavy atom. The number of hydrogen-bond acceptors (Lipinski definition) is 4. The van der Waals surface area contributed by atoms with Crippen LogP contribution in [0.5, 0.6) is 11.5 Å². The molecule has 1 unspecified atom stereocenters. The molecule has 2 fully saturated rings. The Bertz CT molecular complexity index is 634. The van der Waals surface area contributed by atoms with Crippen molar-refractivity contribution in [3.8, 4) is 11.5 Å².